The van der Waals surface area contributed by atoms with Gasteiger partial charge in [0.15, 0.2) is 0 Å². The standard InChI is InChI=1S/C24H25ClFN5O3.2ClH/c1-31(2)8-3-4-23(32)30-21-11-17-20(12-22(21)34-16-7-9-33-13-16)27-14-28-24(17)29-15-5-6-19(26)18(25)10-15;;/h3-6,10-12,14,16H,7-9,13H2,1-2H3,(H,30,32)(H,27,28,29);2*1H/b4-3+;;/t16-;;/m0../s1. The molecule has 1 atom stereocenters. The van der Waals surface area contributed by atoms with Crippen LogP contribution >= 0.6 is 36.4 Å². The molecular weight excluding hydrogens is 532 g/mol. The zero-order valence-electron chi connectivity index (χ0n) is 19.7. The Balaban J connectivity index is 0.00000228. The van der Waals surface area contributed by atoms with Crippen LogP contribution in [0.1, 0.15) is 6.42 Å². The summed E-state index contributed by atoms with van der Waals surface area (Å²) in [6, 6.07) is 7.82. The van der Waals surface area contributed by atoms with Gasteiger partial charge in [0.2, 0.25) is 5.91 Å². The van der Waals surface area contributed by atoms with Crippen LogP contribution in [0.5, 0.6) is 5.75 Å². The molecular formula is C24H27Cl3FN5O3. The summed E-state index contributed by atoms with van der Waals surface area (Å²) in [4.78, 5) is 23.2. The Kier molecular flexibility index (Phi) is 11.1. The predicted molar refractivity (Wildman–Crippen MR) is 145 cm³/mol. The van der Waals surface area contributed by atoms with Crippen molar-refractivity contribution >= 4 is 70.4 Å². The molecule has 1 fully saturated rings. The number of ether oxygens (including phenoxy) is 2. The largest absolute Gasteiger partial charge is 0.486 e. The first-order valence-electron chi connectivity index (χ1n) is 10.8. The quantitative estimate of drug-likeness (QED) is 0.366. The molecule has 1 aromatic heterocycles. The van der Waals surface area contributed by atoms with Gasteiger partial charge in [0.25, 0.3) is 0 Å². The zero-order valence-corrected chi connectivity index (χ0v) is 22.1. The van der Waals surface area contributed by atoms with Crippen LogP contribution in [-0.4, -0.2) is 60.7 Å². The molecule has 4 rings (SSSR count). The molecule has 12 heteroatoms. The number of hydrogen-bond donors (Lipinski definition) is 2. The summed E-state index contributed by atoms with van der Waals surface area (Å²) >= 11 is 5.91. The van der Waals surface area contributed by atoms with E-state index in [1.54, 1.807) is 24.3 Å². The molecule has 1 saturated heterocycles. The Hall–Kier alpha value is -2.69. The summed E-state index contributed by atoms with van der Waals surface area (Å²) < 4.78 is 25.1. The molecule has 2 aromatic carbocycles. The lowest BCUT2D eigenvalue weighted by atomic mass is 10.1. The molecule has 1 aliphatic heterocycles. The second-order valence-electron chi connectivity index (χ2n) is 8.10. The smallest absolute Gasteiger partial charge is 0.248 e. The van der Waals surface area contributed by atoms with Crippen LogP contribution in [0.4, 0.5) is 21.6 Å². The number of nitrogens with one attached hydrogen (secondary N) is 2. The van der Waals surface area contributed by atoms with Gasteiger partial charge in [0.05, 0.1) is 29.4 Å². The second-order valence-corrected chi connectivity index (χ2v) is 8.51. The first kappa shape index (κ1) is 29.5. The number of anilines is 3. The summed E-state index contributed by atoms with van der Waals surface area (Å²) in [5, 5.41) is 6.67. The number of benzene rings is 2. The first-order chi connectivity index (χ1) is 16.4. The molecule has 0 spiro atoms. The highest BCUT2D eigenvalue weighted by Crippen LogP contribution is 2.35. The van der Waals surface area contributed by atoms with Gasteiger partial charge in [-0.2, -0.15) is 0 Å². The van der Waals surface area contributed by atoms with E-state index in [0.717, 1.165) is 6.42 Å². The van der Waals surface area contributed by atoms with Gasteiger partial charge in [-0.1, -0.05) is 17.7 Å². The molecule has 36 heavy (non-hydrogen) atoms. The van der Waals surface area contributed by atoms with Crippen molar-refractivity contribution in [3.8, 4) is 5.75 Å². The lowest BCUT2D eigenvalue weighted by molar-refractivity contribution is -0.111. The maximum absolute atomic E-state index is 13.6. The highest BCUT2D eigenvalue weighted by Gasteiger charge is 2.20. The van der Waals surface area contributed by atoms with E-state index >= 15 is 0 Å². The average molecular weight is 559 g/mol. The van der Waals surface area contributed by atoms with E-state index in [9.17, 15) is 9.18 Å². The number of fused-ring (bicyclic) bond motifs is 1. The van der Waals surface area contributed by atoms with E-state index in [0.29, 0.717) is 53.6 Å². The van der Waals surface area contributed by atoms with Crippen LogP contribution in [0.15, 0.2) is 48.8 Å². The molecule has 0 aliphatic carbocycles. The Labute approximate surface area is 226 Å². The van der Waals surface area contributed by atoms with Crippen LogP contribution in [0, 0.1) is 5.82 Å². The molecule has 1 amide bonds. The van der Waals surface area contributed by atoms with Gasteiger partial charge >= 0.3 is 0 Å². The van der Waals surface area contributed by atoms with E-state index in [1.807, 2.05) is 19.0 Å². The molecule has 0 radical (unpaired) electrons. The number of rotatable bonds is 8. The summed E-state index contributed by atoms with van der Waals surface area (Å²) in [6.07, 6.45) is 5.32. The lowest BCUT2D eigenvalue weighted by Gasteiger charge is -2.17. The molecule has 194 valence electrons. The fourth-order valence-corrected chi connectivity index (χ4v) is 3.60. The van der Waals surface area contributed by atoms with E-state index in [-0.39, 0.29) is 41.8 Å². The second kappa shape index (κ2) is 13.6. The van der Waals surface area contributed by atoms with Gasteiger partial charge in [0, 0.05) is 36.2 Å². The number of carbonyl (C=O) groups is 1. The average Bonchev–Trinajstić information content (AvgIpc) is 3.30. The van der Waals surface area contributed by atoms with Crippen molar-refractivity contribution in [2.75, 3.05) is 44.5 Å². The first-order valence-corrected chi connectivity index (χ1v) is 11.1. The number of halogens is 4. The third-order valence-corrected chi connectivity index (χ3v) is 5.39. The van der Waals surface area contributed by atoms with Crippen LogP contribution in [-0.2, 0) is 9.53 Å². The number of likely N-dealkylation sites (N-methyl/N-ethyl adjacent to an activating group) is 1. The molecule has 3 aromatic rings. The van der Waals surface area contributed by atoms with E-state index in [4.69, 9.17) is 21.1 Å². The SMILES string of the molecule is CN(C)C/C=C/C(=O)Nc1cc2c(Nc3ccc(F)c(Cl)c3)ncnc2cc1O[C@H]1CCOC1.Cl.Cl. The molecule has 2 N–H and O–H groups in total. The fraction of sp³-hybridized carbons (Fsp3) is 0.292. The topological polar surface area (TPSA) is 88.6 Å². The van der Waals surface area contributed by atoms with Gasteiger partial charge in [-0.15, -0.1) is 24.8 Å². The minimum atomic E-state index is -0.509. The fourth-order valence-electron chi connectivity index (χ4n) is 3.42. The predicted octanol–water partition coefficient (Wildman–Crippen LogP) is 5.23. The summed E-state index contributed by atoms with van der Waals surface area (Å²) in [5.41, 5.74) is 1.65. The monoisotopic (exact) mass is 557 g/mol. The van der Waals surface area contributed by atoms with Crippen molar-refractivity contribution in [1.29, 1.82) is 0 Å². The summed E-state index contributed by atoms with van der Waals surface area (Å²) in [6.45, 7) is 1.75. The Morgan fingerprint density at radius 3 is 2.78 bits per heavy atom. The van der Waals surface area contributed by atoms with Gasteiger partial charge in [-0.25, -0.2) is 14.4 Å². The molecule has 0 unspecified atom stereocenters. The highest BCUT2D eigenvalue weighted by molar-refractivity contribution is 6.31. The number of hydrogen-bond acceptors (Lipinski definition) is 7. The lowest BCUT2D eigenvalue weighted by Crippen LogP contribution is -2.18. The van der Waals surface area contributed by atoms with Gasteiger partial charge < -0.3 is 25.0 Å². The normalized spacial score (nSPS) is 15.0. The molecule has 2 heterocycles. The molecule has 8 nitrogen and oxygen atoms in total. The Bertz CT molecular complexity index is 1220. The van der Waals surface area contributed by atoms with Crippen molar-refractivity contribution in [3.05, 3.63) is 59.7 Å². The van der Waals surface area contributed by atoms with Gasteiger partial charge in [-0.05, 0) is 38.4 Å². The van der Waals surface area contributed by atoms with Crippen molar-refractivity contribution in [2.45, 2.75) is 12.5 Å². The Morgan fingerprint density at radius 2 is 2.08 bits per heavy atom. The molecule has 1 aliphatic rings. The molecule has 0 bridgehead atoms. The van der Waals surface area contributed by atoms with E-state index < -0.39 is 5.82 Å². The third-order valence-electron chi connectivity index (χ3n) is 5.10. The third kappa shape index (κ3) is 7.65. The van der Waals surface area contributed by atoms with Crippen LogP contribution in [0.25, 0.3) is 10.9 Å². The highest BCUT2D eigenvalue weighted by atomic mass is 35.5. The summed E-state index contributed by atoms with van der Waals surface area (Å²) in [7, 11) is 3.84. The van der Waals surface area contributed by atoms with Crippen LogP contribution < -0.4 is 15.4 Å². The minimum absolute atomic E-state index is 0. The van der Waals surface area contributed by atoms with Crippen molar-refractivity contribution < 1.29 is 18.7 Å². The van der Waals surface area contributed by atoms with Crippen molar-refractivity contribution in [1.82, 2.24) is 14.9 Å². The zero-order chi connectivity index (χ0) is 24.1. The number of amides is 1. The minimum Gasteiger partial charge on any atom is -0.486 e. The van der Waals surface area contributed by atoms with Crippen molar-refractivity contribution in [2.24, 2.45) is 0 Å². The van der Waals surface area contributed by atoms with Crippen LogP contribution in [0.2, 0.25) is 5.02 Å². The maximum Gasteiger partial charge on any atom is 0.248 e. The van der Waals surface area contributed by atoms with E-state index in [2.05, 4.69) is 20.6 Å². The van der Waals surface area contributed by atoms with Gasteiger partial charge in [0.1, 0.15) is 29.8 Å². The van der Waals surface area contributed by atoms with Crippen LogP contribution in [0.3, 0.4) is 0 Å². The van der Waals surface area contributed by atoms with E-state index in [1.165, 1.54) is 24.5 Å². The number of aromatic nitrogens is 2. The Morgan fingerprint density at radius 1 is 1.28 bits per heavy atom. The van der Waals surface area contributed by atoms with Gasteiger partial charge in [-0.3, -0.25) is 4.79 Å². The number of nitrogens with zero attached hydrogens (tertiary/aromatic N) is 3. The molecule has 0 saturated carbocycles. The number of carbonyl (C=O) groups excluding carboxylic acids is 1. The van der Waals surface area contributed by atoms with Crippen molar-refractivity contribution in [3.63, 3.8) is 0 Å². The summed E-state index contributed by atoms with van der Waals surface area (Å²) in [5.74, 6) is 0.170. The maximum atomic E-state index is 13.6.